The Hall–Kier alpha value is -3.09. The summed E-state index contributed by atoms with van der Waals surface area (Å²) in [6.07, 6.45) is 2.90. The van der Waals surface area contributed by atoms with Crippen LogP contribution in [-0.2, 0) is 10.3 Å². The second kappa shape index (κ2) is 7.55. The van der Waals surface area contributed by atoms with Gasteiger partial charge >= 0.3 is 13.1 Å². The van der Waals surface area contributed by atoms with Crippen LogP contribution in [0.15, 0.2) is 24.7 Å². The minimum absolute atomic E-state index is 0.0170. The smallest absolute Gasteiger partial charge is 0.455 e. The van der Waals surface area contributed by atoms with E-state index in [1.54, 1.807) is 6.92 Å². The number of H-pyrrole nitrogens is 1. The SMILES string of the molecule is C[C@](N)(C(=O)N1CC(Oc2ccc([C@H]3C[C@H]3B(O)O)c(O)c2C(=O)O)C1)c1cnc[nH]1. The molecule has 1 amide bonds. The fourth-order valence-corrected chi connectivity index (χ4v) is 3.94. The molecule has 3 atom stereocenters. The molecular formula is C19H23BN4O7. The number of hydrogen-bond acceptors (Lipinski definition) is 8. The Morgan fingerprint density at radius 3 is 2.61 bits per heavy atom. The van der Waals surface area contributed by atoms with Gasteiger partial charge in [-0.1, -0.05) is 6.07 Å². The van der Waals surface area contributed by atoms with E-state index in [0.717, 1.165) is 0 Å². The highest BCUT2D eigenvalue weighted by Gasteiger charge is 2.48. The summed E-state index contributed by atoms with van der Waals surface area (Å²) in [5.41, 5.74) is 5.29. The largest absolute Gasteiger partial charge is 0.507 e. The summed E-state index contributed by atoms with van der Waals surface area (Å²) in [5, 5.41) is 38.6. The molecule has 12 heteroatoms. The van der Waals surface area contributed by atoms with E-state index in [1.165, 1.54) is 29.6 Å². The normalized spacial score (nSPS) is 22.4. The lowest BCUT2D eigenvalue weighted by atomic mass is 9.81. The summed E-state index contributed by atoms with van der Waals surface area (Å²) in [5.74, 6) is -2.91. The Kier molecular flexibility index (Phi) is 5.16. The lowest BCUT2D eigenvalue weighted by Crippen LogP contribution is -2.62. The maximum atomic E-state index is 12.7. The molecule has 1 saturated carbocycles. The first kappa shape index (κ1) is 21.2. The highest BCUT2D eigenvalue weighted by atomic mass is 16.5. The van der Waals surface area contributed by atoms with Crippen LogP contribution in [0.1, 0.15) is 40.9 Å². The van der Waals surface area contributed by atoms with Crippen LogP contribution in [-0.4, -0.2) is 73.3 Å². The zero-order chi connectivity index (χ0) is 22.5. The van der Waals surface area contributed by atoms with E-state index >= 15 is 0 Å². The van der Waals surface area contributed by atoms with Gasteiger partial charge in [0.1, 0.15) is 28.7 Å². The molecule has 2 heterocycles. The van der Waals surface area contributed by atoms with Crippen molar-refractivity contribution in [1.82, 2.24) is 14.9 Å². The maximum absolute atomic E-state index is 12.7. The number of phenols is 1. The van der Waals surface area contributed by atoms with Gasteiger partial charge in [-0.25, -0.2) is 9.78 Å². The molecule has 11 nitrogen and oxygen atoms in total. The van der Waals surface area contributed by atoms with Crippen LogP contribution in [0.2, 0.25) is 5.82 Å². The molecule has 1 aliphatic heterocycles. The molecule has 0 spiro atoms. The van der Waals surface area contributed by atoms with Gasteiger partial charge in [-0.15, -0.1) is 0 Å². The van der Waals surface area contributed by atoms with E-state index in [1.807, 2.05) is 0 Å². The average molecular weight is 430 g/mol. The molecule has 1 aromatic carbocycles. The van der Waals surface area contributed by atoms with E-state index in [-0.39, 0.29) is 36.2 Å². The van der Waals surface area contributed by atoms with Crippen LogP contribution in [0.25, 0.3) is 0 Å². The fraction of sp³-hybridized carbons (Fsp3) is 0.421. The Morgan fingerprint density at radius 2 is 2.06 bits per heavy atom. The number of aromatic amines is 1. The standard InChI is InChI=1S/C19H23BN4O7/c1-19(21,14-5-22-8-23-14)18(28)24-6-9(7-24)31-13-3-2-10(11-4-12(11)20(29)30)16(25)15(13)17(26)27/h2-3,5,8-9,11-12,25,29-30H,4,6-7,21H2,1H3,(H,22,23)(H,26,27)/t11-,12-,19-/m1/s1. The second-order valence-corrected chi connectivity index (χ2v) is 8.22. The van der Waals surface area contributed by atoms with Gasteiger partial charge in [-0.05, 0) is 30.9 Å². The zero-order valence-electron chi connectivity index (χ0n) is 16.7. The van der Waals surface area contributed by atoms with E-state index in [2.05, 4.69) is 9.97 Å². The first-order chi connectivity index (χ1) is 14.6. The first-order valence-electron chi connectivity index (χ1n) is 9.80. The number of ether oxygens (including phenoxy) is 1. The minimum atomic E-state index is -1.53. The highest BCUT2D eigenvalue weighted by molar-refractivity contribution is 6.44. The monoisotopic (exact) mass is 430 g/mol. The number of amides is 1. The van der Waals surface area contributed by atoms with Crippen LogP contribution < -0.4 is 10.5 Å². The molecule has 0 bridgehead atoms. The summed E-state index contributed by atoms with van der Waals surface area (Å²) in [4.78, 5) is 32.7. The quantitative estimate of drug-likeness (QED) is 0.319. The number of benzene rings is 1. The van der Waals surface area contributed by atoms with Crippen LogP contribution in [0.3, 0.4) is 0 Å². The minimum Gasteiger partial charge on any atom is -0.507 e. The molecule has 2 fully saturated rings. The molecule has 0 unspecified atom stereocenters. The van der Waals surface area contributed by atoms with Gasteiger partial charge in [0.2, 0.25) is 5.91 Å². The molecule has 2 aromatic rings. The Balaban J connectivity index is 1.44. The molecule has 1 saturated heterocycles. The van der Waals surface area contributed by atoms with E-state index < -0.39 is 36.3 Å². The van der Waals surface area contributed by atoms with Crippen LogP contribution >= 0.6 is 0 Å². The van der Waals surface area contributed by atoms with Crippen molar-refractivity contribution in [3.05, 3.63) is 41.5 Å². The second-order valence-electron chi connectivity index (χ2n) is 8.22. The summed E-state index contributed by atoms with van der Waals surface area (Å²) >= 11 is 0. The third kappa shape index (κ3) is 3.73. The first-order valence-corrected chi connectivity index (χ1v) is 9.80. The summed E-state index contributed by atoms with van der Waals surface area (Å²) < 4.78 is 5.74. The Bertz CT molecular complexity index is 1000. The van der Waals surface area contributed by atoms with Gasteiger partial charge in [-0.2, -0.15) is 0 Å². The number of aromatic hydroxyl groups is 1. The maximum Gasteiger partial charge on any atom is 0.455 e. The molecular weight excluding hydrogens is 407 g/mol. The Labute approximate surface area is 177 Å². The molecule has 0 radical (unpaired) electrons. The van der Waals surface area contributed by atoms with Crippen molar-refractivity contribution in [2.24, 2.45) is 5.73 Å². The summed E-state index contributed by atoms with van der Waals surface area (Å²) in [7, 11) is -1.53. The number of hydrogen-bond donors (Lipinski definition) is 6. The molecule has 1 aromatic heterocycles. The van der Waals surface area contributed by atoms with Gasteiger partial charge in [0.15, 0.2) is 0 Å². The molecule has 4 rings (SSSR count). The van der Waals surface area contributed by atoms with Crippen LogP contribution in [0.4, 0.5) is 0 Å². The van der Waals surface area contributed by atoms with Crippen molar-refractivity contribution in [2.45, 2.75) is 36.7 Å². The van der Waals surface area contributed by atoms with Crippen molar-refractivity contribution in [3.8, 4) is 11.5 Å². The highest BCUT2D eigenvalue weighted by Crippen LogP contribution is 2.56. The molecule has 7 N–H and O–H groups in total. The zero-order valence-corrected chi connectivity index (χ0v) is 16.7. The van der Waals surface area contributed by atoms with Gasteiger partial charge in [0, 0.05) is 5.82 Å². The lowest BCUT2D eigenvalue weighted by Gasteiger charge is -2.42. The predicted octanol–water partition coefficient (Wildman–Crippen LogP) is -0.392. The van der Waals surface area contributed by atoms with Crippen molar-refractivity contribution in [1.29, 1.82) is 0 Å². The van der Waals surface area contributed by atoms with E-state index in [0.29, 0.717) is 17.7 Å². The number of imidazole rings is 1. The topological polar surface area (TPSA) is 182 Å². The van der Waals surface area contributed by atoms with Crippen LogP contribution in [0, 0.1) is 0 Å². The molecule has 1 aliphatic carbocycles. The predicted molar refractivity (Wildman–Crippen MR) is 107 cm³/mol. The van der Waals surface area contributed by atoms with Crippen LogP contribution in [0.5, 0.6) is 11.5 Å². The number of nitrogens with zero attached hydrogens (tertiary/aromatic N) is 2. The van der Waals surface area contributed by atoms with E-state index in [9.17, 15) is 29.9 Å². The lowest BCUT2D eigenvalue weighted by molar-refractivity contribution is -0.145. The third-order valence-electron chi connectivity index (χ3n) is 5.94. The number of carbonyl (C=O) groups excluding carboxylic acids is 1. The van der Waals surface area contributed by atoms with Crippen molar-refractivity contribution < 1.29 is 34.6 Å². The number of carbonyl (C=O) groups is 2. The van der Waals surface area contributed by atoms with Crippen molar-refractivity contribution in [2.75, 3.05) is 13.1 Å². The third-order valence-corrected chi connectivity index (χ3v) is 5.94. The van der Waals surface area contributed by atoms with Gasteiger partial charge in [0.25, 0.3) is 0 Å². The van der Waals surface area contributed by atoms with Crippen molar-refractivity contribution in [3.63, 3.8) is 0 Å². The number of carboxylic acids is 1. The van der Waals surface area contributed by atoms with Crippen molar-refractivity contribution >= 4 is 19.0 Å². The Morgan fingerprint density at radius 1 is 1.35 bits per heavy atom. The van der Waals surface area contributed by atoms with Gasteiger partial charge in [0.05, 0.1) is 31.3 Å². The number of rotatable bonds is 7. The average Bonchev–Trinajstić information content (AvgIpc) is 3.26. The number of nitrogens with one attached hydrogen (secondary N) is 1. The van der Waals surface area contributed by atoms with E-state index in [4.69, 9.17) is 10.5 Å². The number of carboxylic acid groups (broad SMARTS) is 1. The van der Waals surface area contributed by atoms with Gasteiger partial charge in [-0.3, -0.25) is 4.79 Å². The fourth-order valence-electron chi connectivity index (χ4n) is 3.94. The summed E-state index contributed by atoms with van der Waals surface area (Å²) in [6, 6.07) is 2.97. The number of aromatic carboxylic acids is 1. The molecule has 31 heavy (non-hydrogen) atoms. The number of nitrogens with two attached hydrogens (primary N) is 1. The molecule has 2 aliphatic rings. The number of aromatic nitrogens is 2. The number of likely N-dealkylation sites (tertiary alicyclic amines) is 1. The summed E-state index contributed by atoms with van der Waals surface area (Å²) in [6.45, 7) is 2.00. The molecule has 164 valence electrons. The van der Waals surface area contributed by atoms with Gasteiger partial charge < -0.3 is 40.6 Å².